The Labute approximate surface area is 116 Å². The summed E-state index contributed by atoms with van der Waals surface area (Å²) in [5, 5.41) is 3.67. The minimum Gasteiger partial charge on any atom is -0.324 e. The highest BCUT2D eigenvalue weighted by atomic mass is 16.2. The average Bonchev–Trinajstić information content (AvgIpc) is 2.61. The molecule has 0 radical (unpaired) electrons. The number of para-hydroxylation sites is 1. The SMILES string of the molecule is CC1(C)NC(=O)N(Cc2cccc3cccnc23)C1=O. The molecule has 0 aliphatic carbocycles. The molecule has 1 aromatic heterocycles. The van der Waals surface area contributed by atoms with Crippen molar-refractivity contribution >= 4 is 22.8 Å². The summed E-state index contributed by atoms with van der Waals surface area (Å²) in [7, 11) is 0. The van der Waals surface area contributed by atoms with Crippen LogP contribution in [0.5, 0.6) is 0 Å². The molecule has 0 atom stereocenters. The smallest absolute Gasteiger partial charge is 0.324 e. The van der Waals surface area contributed by atoms with Gasteiger partial charge in [-0.25, -0.2) is 4.79 Å². The Bertz CT molecular complexity index is 704. The first-order chi connectivity index (χ1) is 9.49. The zero-order valence-corrected chi connectivity index (χ0v) is 11.4. The van der Waals surface area contributed by atoms with Crippen LogP contribution >= 0.6 is 0 Å². The van der Waals surface area contributed by atoms with E-state index in [1.807, 2.05) is 30.3 Å². The molecule has 5 heteroatoms. The van der Waals surface area contributed by atoms with Crippen molar-refractivity contribution in [2.75, 3.05) is 0 Å². The molecule has 2 heterocycles. The Kier molecular flexibility index (Phi) is 2.71. The van der Waals surface area contributed by atoms with Crippen molar-refractivity contribution in [2.24, 2.45) is 0 Å². The predicted molar refractivity (Wildman–Crippen MR) is 74.9 cm³/mol. The molecule has 1 saturated heterocycles. The van der Waals surface area contributed by atoms with Gasteiger partial charge in [-0.15, -0.1) is 0 Å². The summed E-state index contributed by atoms with van der Waals surface area (Å²) >= 11 is 0. The van der Waals surface area contributed by atoms with Gasteiger partial charge in [0.2, 0.25) is 0 Å². The molecule has 1 aliphatic heterocycles. The quantitative estimate of drug-likeness (QED) is 0.849. The van der Waals surface area contributed by atoms with Crippen LogP contribution in [0.1, 0.15) is 19.4 Å². The number of hydrogen-bond donors (Lipinski definition) is 1. The van der Waals surface area contributed by atoms with Crippen molar-refractivity contribution in [1.29, 1.82) is 0 Å². The number of pyridine rings is 1. The van der Waals surface area contributed by atoms with Gasteiger partial charge in [0.15, 0.2) is 0 Å². The Morgan fingerprint density at radius 2 is 1.95 bits per heavy atom. The Hall–Kier alpha value is -2.43. The molecule has 1 aliphatic rings. The third-order valence-electron chi connectivity index (χ3n) is 3.49. The van der Waals surface area contributed by atoms with Gasteiger partial charge >= 0.3 is 6.03 Å². The highest BCUT2D eigenvalue weighted by Crippen LogP contribution is 2.22. The van der Waals surface area contributed by atoms with Crippen molar-refractivity contribution in [3.63, 3.8) is 0 Å². The van der Waals surface area contributed by atoms with E-state index >= 15 is 0 Å². The fraction of sp³-hybridized carbons (Fsp3) is 0.267. The first-order valence-corrected chi connectivity index (χ1v) is 6.46. The molecule has 20 heavy (non-hydrogen) atoms. The summed E-state index contributed by atoms with van der Waals surface area (Å²) in [6, 6.07) is 9.23. The molecule has 0 unspecified atom stereocenters. The highest BCUT2D eigenvalue weighted by molar-refractivity contribution is 6.06. The van der Waals surface area contributed by atoms with Crippen molar-refractivity contribution in [3.05, 3.63) is 42.1 Å². The number of aromatic nitrogens is 1. The van der Waals surface area contributed by atoms with Gasteiger partial charge in [0, 0.05) is 11.6 Å². The van der Waals surface area contributed by atoms with Gasteiger partial charge < -0.3 is 5.32 Å². The van der Waals surface area contributed by atoms with Gasteiger partial charge in [-0.2, -0.15) is 0 Å². The monoisotopic (exact) mass is 269 g/mol. The minimum atomic E-state index is -0.838. The van der Waals surface area contributed by atoms with Gasteiger partial charge in [-0.3, -0.25) is 14.7 Å². The number of carbonyl (C=O) groups is 2. The number of amides is 3. The molecule has 3 rings (SSSR count). The van der Waals surface area contributed by atoms with E-state index < -0.39 is 5.54 Å². The van der Waals surface area contributed by atoms with Crippen LogP contribution in [0.3, 0.4) is 0 Å². The van der Waals surface area contributed by atoms with E-state index in [4.69, 9.17) is 0 Å². The van der Waals surface area contributed by atoms with Gasteiger partial charge in [0.1, 0.15) is 5.54 Å². The van der Waals surface area contributed by atoms with Crippen LogP contribution in [0.2, 0.25) is 0 Å². The van der Waals surface area contributed by atoms with Gasteiger partial charge in [0.05, 0.1) is 12.1 Å². The summed E-state index contributed by atoms with van der Waals surface area (Å²) in [4.78, 5) is 29.7. The number of nitrogens with zero attached hydrogens (tertiary/aromatic N) is 2. The number of urea groups is 1. The van der Waals surface area contributed by atoms with E-state index in [0.29, 0.717) is 0 Å². The van der Waals surface area contributed by atoms with Gasteiger partial charge in [0.25, 0.3) is 5.91 Å². The molecule has 102 valence electrons. The first-order valence-electron chi connectivity index (χ1n) is 6.46. The molecule has 1 N–H and O–H groups in total. The van der Waals surface area contributed by atoms with Gasteiger partial charge in [-0.05, 0) is 25.5 Å². The fourth-order valence-electron chi connectivity index (χ4n) is 2.43. The van der Waals surface area contributed by atoms with Crippen LogP contribution < -0.4 is 5.32 Å². The maximum absolute atomic E-state index is 12.2. The average molecular weight is 269 g/mol. The zero-order valence-electron chi connectivity index (χ0n) is 11.4. The summed E-state index contributed by atoms with van der Waals surface area (Å²) in [6.45, 7) is 3.64. The number of nitrogens with one attached hydrogen (secondary N) is 1. The van der Waals surface area contributed by atoms with E-state index in [1.165, 1.54) is 4.90 Å². The number of fused-ring (bicyclic) bond motifs is 1. The van der Waals surface area contributed by atoms with Crippen LogP contribution in [0, 0.1) is 0 Å². The number of carbonyl (C=O) groups excluding carboxylic acids is 2. The van der Waals surface area contributed by atoms with Crippen LogP contribution in [-0.4, -0.2) is 27.4 Å². The topological polar surface area (TPSA) is 62.3 Å². The summed E-state index contributed by atoms with van der Waals surface area (Å²) < 4.78 is 0. The lowest BCUT2D eigenvalue weighted by Gasteiger charge is -2.16. The second-order valence-electron chi connectivity index (χ2n) is 5.44. The maximum Gasteiger partial charge on any atom is 0.325 e. The lowest BCUT2D eigenvalue weighted by atomic mass is 10.1. The second kappa shape index (κ2) is 4.30. The number of imide groups is 1. The van der Waals surface area contributed by atoms with Crippen LogP contribution in [0.4, 0.5) is 4.79 Å². The van der Waals surface area contributed by atoms with Gasteiger partial charge in [-0.1, -0.05) is 24.3 Å². The highest BCUT2D eigenvalue weighted by Gasteiger charge is 2.44. The molecular weight excluding hydrogens is 254 g/mol. The molecule has 0 spiro atoms. The van der Waals surface area contributed by atoms with Crippen molar-refractivity contribution < 1.29 is 9.59 Å². The fourth-order valence-corrected chi connectivity index (χ4v) is 2.43. The lowest BCUT2D eigenvalue weighted by molar-refractivity contribution is -0.130. The Morgan fingerprint density at radius 3 is 2.65 bits per heavy atom. The maximum atomic E-state index is 12.2. The summed E-state index contributed by atoms with van der Waals surface area (Å²) in [5.74, 6) is -0.213. The number of rotatable bonds is 2. The first kappa shape index (κ1) is 12.6. The van der Waals surface area contributed by atoms with Crippen molar-refractivity contribution in [2.45, 2.75) is 25.9 Å². The van der Waals surface area contributed by atoms with E-state index in [0.717, 1.165) is 16.5 Å². The van der Waals surface area contributed by atoms with Crippen LogP contribution in [-0.2, 0) is 11.3 Å². The van der Waals surface area contributed by atoms with Crippen molar-refractivity contribution in [3.8, 4) is 0 Å². The summed E-state index contributed by atoms with van der Waals surface area (Å²) in [5.41, 5.74) is 0.847. The molecule has 1 aromatic carbocycles. The predicted octanol–water partition coefficient (Wildman–Crippen LogP) is 2.07. The van der Waals surface area contributed by atoms with E-state index in [1.54, 1.807) is 20.0 Å². The minimum absolute atomic E-state index is 0.213. The second-order valence-corrected chi connectivity index (χ2v) is 5.44. The molecule has 3 amide bonds. The molecule has 1 fully saturated rings. The number of hydrogen-bond acceptors (Lipinski definition) is 3. The molecule has 0 bridgehead atoms. The lowest BCUT2D eigenvalue weighted by Crippen LogP contribution is -2.40. The largest absolute Gasteiger partial charge is 0.325 e. The third-order valence-corrected chi connectivity index (χ3v) is 3.49. The Morgan fingerprint density at radius 1 is 1.20 bits per heavy atom. The van der Waals surface area contributed by atoms with E-state index in [9.17, 15) is 9.59 Å². The van der Waals surface area contributed by atoms with Crippen molar-refractivity contribution in [1.82, 2.24) is 15.2 Å². The standard InChI is InChI=1S/C15H15N3O2/c1-15(2)13(19)18(14(20)17-15)9-11-6-3-5-10-7-4-8-16-12(10)11/h3-8H,9H2,1-2H3,(H,17,20). The van der Waals surface area contributed by atoms with E-state index in [-0.39, 0.29) is 18.5 Å². The summed E-state index contributed by atoms with van der Waals surface area (Å²) in [6.07, 6.45) is 1.71. The molecular formula is C15H15N3O2. The van der Waals surface area contributed by atoms with Crippen LogP contribution in [0.25, 0.3) is 10.9 Å². The zero-order chi connectivity index (χ0) is 14.3. The molecule has 2 aromatic rings. The Balaban J connectivity index is 1.98. The van der Waals surface area contributed by atoms with Crippen LogP contribution in [0.15, 0.2) is 36.5 Å². The normalized spacial score (nSPS) is 17.6. The molecule has 0 saturated carbocycles. The van der Waals surface area contributed by atoms with E-state index in [2.05, 4.69) is 10.3 Å². The third kappa shape index (κ3) is 1.91. The molecule has 5 nitrogen and oxygen atoms in total. The number of benzene rings is 1.